The number of piperidine rings is 1. The lowest BCUT2D eigenvalue weighted by molar-refractivity contribution is -0.148. The van der Waals surface area contributed by atoms with Crippen molar-refractivity contribution in [1.29, 1.82) is 0 Å². The summed E-state index contributed by atoms with van der Waals surface area (Å²) in [4.78, 5) is 22.9. The van der Waals surface area contributed by atoms with Crippen LogP contribution in [0.15, 0.2) is 12.4 Å². The summed E-state index contributed by atoms with van der Waals surface area (Å²) in [7, 11) is -0.455. The van der Waals surface area contributed by atoms with E-state index in [0.717, 1.165) is 31.4 Å². The van der Waals surface area contributed by atoms with E-state index in [-0.39, 0.29) is 23.1 Å². The first kappa shape index (κ1) is 19.1. The molecule has 2 aliphatic heterocycles. The highest BCUT2D eigenvalue weighted by molar-refractivity contribution is 6.61. The van der Waals surface area contributed by atoms with E-state index in [0.29, 0.717) is 12.6 Å². The van der Waals surface area contributed by atoms with Gasteiger partial charge in [-0.1, -0.05) is 0 Å². The van der Waals surface area contributed by atoms with E-state index in [2.05, 4.69) is 14.9 Å². The van der Waals surface area contributed by atoms with Gasteiger partial charge in [-0.15, -0.1) is 0 Å². The van der Waals surface area contributed by atoms with Crippen LogP contribution in [0, 0.1) is 5.92 Å². The maximum absolute atomic E-state index is 11.8. The van der Waals surface area contributed by atoms with Crippen molar-refractivity contribution in [3.05, 3.63) is 12.4 Å². The monoisotopic (exact) mass is 361 g/mol. The molecule has 0 N–H and O–H groups in total. The molecule has 0 atom stereocenters. The fourth-order valence-corrected chi connectivity index (χ4v) is 3.17. The van der Waals surface area contributed by atoms with E-state index >= 15 is 0 Å². The third kappa shape index (κ3) is 3.71. The van der Waals surface area contributed by atoms with Crippen molar-refractivity contribution >= 4 is 24.5 Å². The molecule has 3 rings (SSSR count). The van der Waals surface area contributed by atoms with Gasteiger partial charge in [0.25, 0.3) is 0 Å². The maximum Gasteiger partial charge on any atom is 0.498 e. The number of anilines is 1. The number of ether oxygens (including phenoxy) is 1. The molecule has 26 heavy (non-hydrogen) atoms. The quantitative estimate of drug-likeness (QED) is 0.595. The SMILES string of the molecule is CCOC(=O)C1CCN(c2ncc(B3OC(C)(C)C(C)(C)O3)cn2)CC1. The number of hydrogen-bond donors (Lipinski definition) is 0. The second-order valence-electron chi connectivity index (χ2n) is 7.92. The Balaban J connectivity index is 1.60. The third-order valence-electron chi connectivity index (χ3n) is 5.58. The van der Waals surface area contributed by atoms with Gasteiger partial charge in [0.1, 0.15) is 0 Å². The molecule has 1 aromatic heterocycles. The van der Waals surface area contributed by atoms with E-state index in [1.54, 1.807) is 12.4 Å². The largest absolute Gasteiger partial charge is 0.498 e. The molecule has 0 saturated carbocycles. The van der Waals surface area contributed by atoms with E-state index in [9.17, 15) is 4.79 Å². The molecule has 2 aliphatic rings. The molecule has 1 aromatic rings. The van der Waals surface area contributed by atoms with Crippen molar-refractivity contribution in [3.63, 3.8) is 0 Å². The summed E-state index contributed by atoms with van der Waals surface area (Å²) in [5, 5.41) is 0. The van der Waals surface area contributed by atoms with Crippen LogP contribution in [0.4, 0.5) is 5.95 Å². The van der Waals surface area contributed by atoms with Gasteiger partial charge in [-0.3, -0.25) is 4.79 Å². The fourth-order valence-electron chi connectivity index (χ4n) is 3.17. The zero-order chi connectivity index (χ0) is 18.9. The first-order valence-corrected chi connectivity index (χ1v) is 9.32. The van der Waals surface area contributed by atoms with Gasteiger partial charge in [-0.25, -0.2) is 9.97 Å². The zero-order valence-electron chi connectivity index (χ0n) is 16.3. The van der Waals surface area contributed by atoms with Gasteiger partial charge in [0.15, 0.2) is 0 Å². The molecular formula is C18H28BN3O4. The topological polar surface area (TPSA) is 73.8 Å². The Morgan fingerprint density at radius 2 is 1.73 bits per heavy atom. The number of rotatable bonds is 4. The minimum Gasteiger partial charge on any atom is -0.466 e. The normalized spacial score (nSPS) is 22.5. The smallest absolute Gasteiger partial charge is 0.466 e. The van der Waals surface area contributed by atoms with Crippen LogP contribution in [0.2, 0.25) is 0 Å². The Morgan fingerprint density at radius 1 is 1.19 bits per heavy atom. The number of esters is 1. The first-order chi connectivity index (χ1) is 12.2. The molecule has 0 radical (unpaired) electrons. The van der Waals surface area contributed by atoms with Gasteiger partial charge in [0.05, 0.1) is 23.7 Å². The molecule has 3 heterocycles. The van der Waals surface area contributed by atoms with Crippen LogP contribution in [0.5, 0.6) is 0 Å². The van der Waals surface area contributed by atoms with Gasteiger partial charge < -0.3 is 18.9 Å². The predicted octanol–water partition coefficient (Wildman–Crippen LogP) is 1.56. The number of aromatic nitrogens is 2. The minimum atomic E-state index is -0.455. The Labute approximate surface area is 155 Å². The summed E-state index contributed by atoms with van der Waals surface area (Å²) < 4.78 is 17.2. The van der Waals surface area contributed by atoms with E-state index in [1.807, 2.05) is 34.6 Å². The van der Waals surface area contributed by atoms with Crippen molar-refractivity contribution < 1.29 is 18.8 Å². The Bertz CT molecular complexity index is 626. The van der Waals surface area contributed by atoms with Crippen molar-refractivity contribution in [2.24, 2.45) is 5.92 Å². The summed E-state index contributed by atoms with van der Waals surface area (Å²) in [6.45, 7) is 11.9. The Kier molecular flexibility index (Phi) is 5.26. The van der Waals surface area contributed by atoms with E-state index in [1.165, 1.54) is 0 Å². The first-order valence-electron chi connectivity index (χ1n) is 9.32. The van der Waals surface area contributed by atoms with Crippen LogP contribution in [-0.2, 0) is 18.8 Å². The molecule has 2 saturated heterocycles. The second-order valence-corrected chi connectivity index (χ2v) is 7.92. The van der Waals surface area contributed by atoms with E-state index in [4.69, 9.17) is 14.0 Å². The molecular weight excluding hydrogens is 333 g/mol. The summed E-state index contributed by atoms with van der Waals surface area (Å²) in [5.74, 6) is 0.562. The van der Waals surface area contributed by atoms with Crippen LogP contribution in [0.1, 0.15) is 47.5 Å². The molecule has 2 fully saturated rings. The second kappa shape index (κ2) is 7.16. The number of hydrogen-bond acceptors (Lipinski definition) is 7. The van der Waals surface area contributed by atoms with Crippen molar-refractivity contribution in [2.75, 3.05) is 24.6 Å². The average Bonchev–Trinajstić information content (AvgIpc) is 2.83. The molecule has 142 valence electrons. The molecule has 8 heteroatoms. The summed E-state index contributed by atoms with van der Waals surface area (Å²) in [6.07, 6.45) is 5.06. The van der Waals surface area contributed by atoms with Crippen molar-refractivity contribution in [2.45, 2.75) is 58.7 Å². The molecule has 0 aromatic carbocycles. The van der Waals surface area contributed by atoms with Crippen LogP contribution in [0.25, 0.3) is 0 Å². The van der Waals surface area contributed by atoms with Crippen LogP contribution >= 0.6 is 0 Å². The molecule has 0 aliphatic carbocycles. The van der Waals surface area contributed by atoms with Crippen molar-refractivity contribution in [3.8, 4) is 0 Å². The highest BCUT2D eigenvalue weighted by atomic mass is 16.7. The van der Waals surface area contributed by atoms with Gasteiger partial charge in [-0.2, -0.15) is 0 Å². The van der Waals surface area contributed by atoms with E-state index < -0.39 is 7.12 Å². The van der Waals surface area contributed by atoms with Gasteiger partial charge in [0.2, 0.25) is 5.95 Å². The van der Waals surface area contributed by atoms with Gasteiger partial charge >= 0.3 is 13.1 Å². The molecule has 0 bridgehead atoms. The summed E-state index contributed by atoms with van der Waals surface area (Å²) in [6, 6.07) is 0. The maximum atomic E-state index is 11.8. The fraction of sp³-hybridized carbons (Fsp3) is 0.722. The third-order valence-corrected chi connectivity index (χ3v) is 5.58. The van der Waals surface area contributed by atoms with Crippen LogP contribution < -0.4 is 10.4 Å². The zero-order valence-corrected chi connectivity index (χ0v) is 16.3. The molecule has 0 unspecified atom stereocenters. The van der Waals surface area contributed by atoms with Gasteiger partial charge in [-0.05, 0) is 47.5 Å². The lowest BCUT2D eigenvalue weighted by Gasteiger charge is -2.32. The molecule has 7 nitrogen and oxygen atoms in total. The van der Waals surface area contributed by atoms with Crippen molar-refractivity contribution in [1.82, 2.24) is 9.97 Å². The lowest BCUT2D eigenvalue weighted by Crippen LogP contribution is -2.41. The number of carbonyl (C=O) groups excluding carboxylic acids is 1. The Morgan fingerprint density at radius 3 is 2.23 bits per heavy atom. The van der Waals surface area contributed by atoms with Crippen LogP contribution in [-0.4, -0.2) is 54.0 Å². The Hall–Kier alpha value is -1.67. The van der Waals surface area contributed by atoms with Gasteiger partial charge in [0, 0.05) is 30.9 Å². The predicted molar refractivity (Wildman–Crippen MR) is 99.3 cm³/mol. The highest BCUT2D eigenvalue weighted by Gasteiger charge is 2.52. The molecule has 0 spiro atoms. The minimum absolute atomic E-state index is 0.0183. The number of nitrogens with zero attached hydrogens (tertiary/aromatic N) is 3. The molecule has 0 amide bonds. The number of carbonyl (C=O) groups is 1. The van der Waals surface area contributed by atoms with Crippen LogP contribution in [0.3, 0.4) is 0 Å². The standard InChI is InChI=1S/C18H28BN3O4/c1-6-24-15(23)13-7-9-22(10-8-13)16-20-11-14(12-21-16)19-25-17(2,3)18(4,5)26-19/h11-13H,6-10H2,1-5H3. The lowest BCUT2D eigenvalue weighted by atomic mass is 9.81. The summed E-state index contributed by atoms with van der Waals surface area (Å²) in [5.41, 5.74) is 0.0465. The highest BCUT2D eigenvalue weighted by Crippen LogP contribution is 2.36. The summed E-state index contributed by atoms with van der Waals surface area (Å²) >= 11 is 0. The average molecular weight is 361 g/mol.